The predicted molar refractivity (Wildman–Crippen MR) is 130 cm³/mol. The van der Waals surface area contributed by atoms with Crippen LogP contribution in [0.5, 0.6) is 5.75 Å². The quantitative estimate of drug-likeness (QED) is 0.288. The number of fused-ring (bicyclic) bond motifs is 2. The summed E-state index contributed by atoms with van der Waals surface area (Å²) in [6, 6.07) is 14.7. The van der Waals surface area contributed by atoms with Crippen LogP contribution in [-0.4, -0.2) is 44.2 Å². The fraction of sp³-hybridized carbons (Fsp3) is 0.192. The highest BCUT2D eigenvalue weighted by atomic mass is 16.5. The van der Waals surface area contributed by atoms with Crippen molar-refractivity contribution in [3.63, 3.8) is 0 Å². The van der Waals surface area contributed by atoms with Crippen LogP contribution in [0.2, 0.25) is 0 Å². The molecule has 8 nitrogen and oxygen atoms in total. The van der Waals surface area contributed by atoms with Gasteiger partial charge in [0.2, 0.25) is 0 Å². The van der Waals surface area contributed by atoms with E-state index >= 15 is 0 Å². The first-order chi connectivity index (χ1) is 16.7. The maximum Gasteiger partial charge on any atom is 0.193 e. The number of anilines is 1. The van der Waals surface area contributed by atoms with Gasteiger partial charge in [-0.15, -0.1) is 0 Å². The number of carbonyl (C=O) groups is 1. The van der Waals surface area contributed by atoms with Crippen LogP contribution in [0.4, 0.5) is 5.69 Å². The topological polar surface area (TPSA) is 105 Å². The number of methoxy groups -OCH3 is 1. The molecule has 5 aromatic rings. The molecule has 0 saturated heterocycles. The molecule has 4 aromatic heterocycles. The minimum Gasteiger partial charge on any atom is -0.495 e. The molecule has 0 bridgehead atoms. The van der Waals surface area contributed by atoms with Crippen molar-refractivity contribution in [2.24, 2.45) is 0 Å². The molecule has 0 radical (unpaired) electrons. The Balaban J connectivity index is 1.57. The molecule has 1 unspecified atom stereocenters. The number of hydrogen-bond donors (Lipinski definition) is 3. The lowest BCUT2D eigenvalue weighted by atomic mass is 9.98. The molecule has 0 aliphatic rings. The Kier molecular flexibility index (Phi) is 5.97. The third-order valence-electron chi connectivity index (χ3n) is 5.84. The molecule has 0 amide bonds. The zero-order valence-corrected chi connectivity index (χ0v) is 18.7. The average Bonchev–Trinajstić information content (AvgIpc) is 3.49. The molecule has 0 fully saturated rings. The number of rotatable bonds is 9. The smallest absolute Gasteiger partial charge is 0.193 e. The second kappa shape index (κ2) is 9.36. The normalized spacial score (nSPS) is 12.2. The number of ketones is 1. The molecule has 8 heteroatoms. The van der Waals surface area contributed by atoms with E-state index in [1.807, 2.05) is 48.7 Å². The lowest BCUT2D eigenvalue weighted by Crippen LogP contribution is -2.22. The lowest BCUT2D eigenvalue weighted by molar-refractivity contribution is 0.0969. The standard InChI is InChI=1S/C26H25N5O3/c1-34-20-12-18(14-27-15-20)29-25(24-13-19-6-2-3-9-31(19)30-24)26(33)22-16-28-23-8-7-17(5-4-10-32)11-21(22)23/h2-3,6-9,11-16,25,28-29,32H,4-5,10H2,1H3. The van der Waals surface area contributed by atoms with Gasteiger partial charge >= 0.3 is 0 Å². The Morgan fingerprint density at radius 1 is 1.21 bits per heavy atom. The van der Waals surface area contributed by atoms with Gasteiger partial charge in [-0.05, 0) is 48.7 Å². The van der Waals surface area contributed by atoms with Crippen molar-refractivity contribution < 1.29 is 14.6 Å². The van der Waals surface area contributed by atoms with Crippen molar-refractivity contribution >= 4 is 27.9 Å². The van der Waals surface area contributed by atoms with Crippen molar-refractivity contribution in [1.29, 1.82) is 0 Å². The second-order valence-electron chi connectivity index (χ2n) is 8.10. The van der Waals surface area contributed by atoms with Crippen molar-refractivity contribution in [1.82, 2.24) is 19.6 Å². The molecule has 172 valence electrons. The van der Waals surface area contributed by atoms with Crippen LogP contribution in [0.3, 0.4) is 0 Å². The van der Waals surface area contributed by atoms with E-state index < -0.39 is 6.04 Å². The summed E-state index contributed by atoms with van der Waals surface area (Å²) < 4.78 is 7.05. The summed E-state index contributed by atoms with van der Waals surface area (Å²) in [7, 11) is 1.58. The van der Waals surface area contributed by atoms with Crippen LogP contribution < -0.4 is 10.1 Å². The number of pyridine rings is 2. The fourth-order valence-corrected chi connectivity index (χ4v) is 4.11. The van der Waals surface area contributed by atoms with Crippen LogP contribution in [0.15, 0.2) is 73.3 Å². The average molecular weight is 456 g/mol. The second-order valence-corrected chi connectivity index (χ2v) is 8.10. The Morgan fingerprint density at radius 3 is 2.94 bits per heavy atom. The summed E-state index contributed by atoms with van der Waals surface area (Å²) >= 11 is 0. The summed E-state index contributed by atoms with van der Waals surface area (Å²) in [5, 5.41) is 18.0. The van der Waals surface area contributed by atoms with Crippen molar-refractivity contribution in [2.45, 2.75) is 18.9 Å². The van der Waals surface area contributed by atoms with Gasteiger partial charge < -0.3 is 20.1 Å². The highest BCUT2D eigenvalue weighted by molar-refractivity contribution is 6.11. The van der Waals surface area contributed by atoms with Gasteiger partial charge in [-0.1, -0.05) is 12.1 Å². The Bertz CT molecular complexity index is 1420. The van der Waals surface area contributed by atoms with Gasteiger partial charge in [0.1, 0.15) is 11.8 Å². The van der Waals surface area contributed by atoms with Gasteiger partial charge in [-0.3, -0.25) is 9.78 Å². The monoisotopic (exact) mass is 455 g/mol. The maximum absolute atomic E-state index is 14.0. The highest BCUT2D eigenvalue weighted by Crippen LogP contribution is 2.29. The molecule has 4 heterocycles. The molecule has 5 rings (SSSR count). The van der Waals surface area contributed by atoms with Gasteiger partial charge in [0.05, 0.1) is 36.4 Å². The summed E-state index contributed by atoms with van der Waals surface area (Å²) in [6.07, 6.45) is 8.29. The molecule has 1 atom stereocenters. The minimum atomic E-state index is -0.742. The maximum atomic E-state index is 14.0. The van der Waals surface area contributed by atoms with E-state index in [-0.39, 0.29) is 12.4 Å². The number of benzene rings is 1. The number of aryl methyl sites for hydroxylation is 1. The van der Waals surface area contributed by atoms with E-state index in [9.17, 15) is 9.90 Å². The number of nitrogens with zero attached hydrogens (tertiary/aromatic N) is 3. The van der Waals surface area contributed by atoms with Crippen molar-refractivity contribution in [3.8, 4) is 5.75 Å². The fourth-order valence-electron chi connectivity index (χ4n) is 4.11. The third-order valence-corrected chi connectivity index (χ3v) is 5.84. The van der Waals surface area contributed by atoms with Crippen molar-refractivity contribution in [2.75, 3.05) is 19.0 Å². The van der Waals surface area contributed by atoms with E-state index in [1.165, 1.54) is 0 Å². The van der Waals surface area contributed by atoms with Crippen LogP contribution in [0, 0.1) is 0 Å². The van der Waals surface area contributed by atoms with Gasteiger partial charge in [0, 0.05) is 41.5 Å². The van der Waals surface area contributed by atoms with E-state index in [0.29, 0.717) is 29.1 Å². The summed E-state index contributed by atoms with van der Waals surface area (Å²) in [5.41, 5.74) is 4.68. The number of nitrogens with one attached hydrogen (secondary N) is 2. The number of hydrogen-bond acceptors (Lipinski definition) is 6. The summed E-state index contributed by atoms with van der Waals surface area (Å²) in [6.45, 7) is 0.130. The molecule has 0 spiro atoms. The van der Waals surface area contributed by atoms with Crippen LogP contribution >= 0.6 is 0 Å². The number of aliphatic hydroxyl groups excluding tert-OH is 1. The van der Waals surface area contributed by atoms with E-state index in [2.05, 4.69) is 20.4 Å². The van der Waals surface area contributed by atoms with E-state index in [1.54, 1.807) is 36.3 Å². The van der Waals surface area contributed by atoms with Crippen LogP contribution in [0.25, 0.3) is 16.4 Å². The first-order valence-electron chi connectivity index (χ1n) is 11.1. The number of ether oxygens (including phenoxy) is 1. The number of H-pyrrole nitrogens is 1. The molecule has 34 heavy (non-hydrogen) atoms. The predicted octanol–water partition coefficient (Wildman–Crippen LogP) is 4.18. The van der Waals surface area contributed by atoms with Gasteiger partial charge in [-0.25, -0.2) is 4.52 Å². The number of aromatic amines is 1. The van der Waals surface area contributed by atoms with Gasteiger partial charge in [0.15, 0.2) is 5.78 Å². The minimum absolute atomic E-state index is 0.114. The highest BCUT2D eigenvalue weighted by Gasteiger charge is 2.27. The zero-order valence-electron chi connectivity index (χ0n) is 18.7. The van der Waals surface area contributed by atoms with Crippen molar-refractivity contribution in [3.05, 3.63) is 90.1 Å². The molecule has 1 aromatic carbocycles. The first kappa shape index (κ1) is 21.7. The molecule has 0 aliphatic heterocycles. The molecule has 0 aliphatic carbocycles. The van der Waals surface area contributed by atoms with Crippen LogP contribution in [-0.2, 0) is 6.42 Å². The summed E-state index contributed by atoms with van der Waals surface area (Å²) in [5.74, 6) is 0.476. The Morgan fingerprint density at radius 2 is 2.12 bits per heavy atom. The SMILES string of the molecule is COc1cncc(NC(C(=O)c2c[nH]c3ccc(CCCO)cc23)c2cc3ccccn3n2)c1. The van der Waals surface area contributed by atoms with Gasteiger partial charge in [0.25, 0.3) is 0 Å². The first-order valence-corrected chi connectivity index (χ1v) is 11.1. The van der Waals surface area contributed by atoms with Gasteiger partial charge in [-0.2, -0.15) is 5.10 Å². The number of aromatic nitrogens is 4. The Labute approximate surface area is 196 Å². The van der Waals surface area contributed by atoms with E-state index in [0.717, 1.165) is 28.4 Å². The van der Waals surface area contributed by atoms with E-state index in [4.69, 9.17) is 4.74 Å². The molecule has 3 N–H and O–H groups in total. The molecule has 0 saturated carbocycles. The number of Topliss-reactive ketones (excluding diaryl/α,β-unsaturated/α-hetero) is 1. The molecular formula is C26H25N5O3. The summed E-state index contributed by atoms with van der Waals surface area (Å²) in [4.78, 5) is 21.4. The number of aliphatic hydroxyl groups is 1. The Hall–Kier alpha value is -4.17. The third kappa shape index (κ3) is 4.23. The molecular weight excluding hydrogens is 430 g/mol. The largest absolute Gasteiger partial charge is 0.495 e. The zero-order chi connectivity index (χ0) is 23.5. The lowest BCUT2D eigenvalue weighted by Gasteiger charge is -2.17. The van der Waals surface area contributed by atoms with Crippen LogP contribution in [0.1, 0.15) is 34.1 Å². The number of carbonyl (C=O) groups excluding carboxylic acids is 1.